The maximum absolute atomic E-state index is 12.6. The van der Waals surface area contributed by atoms with Crippen LogP contribution in [0.2, 0.25) is 0 Å². The molecular weight excluding hydrogens is 386 g/mol. The van der Waals surface area contributed by atoms with Gasteiger partial charge in [0, 0.05) is 5.56 Å². The van der Waals surface area contributed by atoms with E-state index in [0.717, 1.165) is 33.2 Å². The molecule has 2 aromatic carbocycles. The number of benzene rings is 2. The Bertz CT molecular complexity index is 983. The van der Waals surface area contributed by atoms with Crippen LogP contribution in [0.4, 0.5) is 5.13 Å². The second-order valence-corrected chi connectivity index (χ2v) is 8.06. The summed E-state index contributed by atoms with van der Waals surface area (Å²) in [6, 6.07) is 13.6. The van der Waals surface area contributed by atoms with E-state index in [-0.39, 0.29) is 5.91 Å². The molecule has 3 rings (SSSR count). The highest BCUT2D eigenvalue weighted by Crippen LogP contribution is 2.30. The summed E-state index contributed by atoms with van der Waals surface area (Å²) < 4.78 is 11.1. The van der Waals surface area contributed by atoms with Crippen molar-refractivity contribution < 1.29 is 14.3 Å². The highest BCUT2D eigenvalue weighted by Gasteiger charge is 2.19. The van der Waals surface area contributed by atoms with Gasteiger partial charge in [-0.1, -0.05) is 37.3 Å². The van der Waals surface area contributed by atoms with Gasteiger partial charge in [0.15, 0.2) is 6.10 Å². The molecule has 1 atom stereocenters. The number of amides is 1. The lowest BCUT2D eigenvalue weighted by Gasteiger charge is -2.18. The molecule has 0 aliphatic rings. The number of ether oxygens (including phenoxy) is 2. The summed E-state index contributed by atoms with van der Waals surface area (Å²) in [4.78, 5) is 12.6. The summed E-state index contributed by atoms with van der Waals surface area (Å²) in [5, 5.41) is 12.2. The number of hydrogen-bond acceptors (Lipinski definition) is 6. The molecule has 1 aromatic heterocycles. The summed E-state index contributed by atoms with van der Waals surface area (Å²) in [6.45, 7) is 7.94. The van der Waals surface area contributed by atoms with Crippen molar-refractivity contribution in [3.63, 3.8) is 0 Å². The molecule has 0 radical (unpaired) electrons. The molecule has 0 aliphatic carbocycles. The fourth-order valence-corrected chi connectivity index (χ4v) is 3.55. The van der Waals surface area contributed by atoms with E-state index >= 15 is 0 Å². The standard InChI is InChI=1S/C22H25N3O3S/c1-13(2)18-11-6-14(3)12-19(18)28-15(4)20(26)23-22-25-24-21(29-22)16-7-9-17(27-5)10-8-16/h6-13,15H,1-5H3,(H,23,25,26). The van der Waals surface area contributed by atoms with Crippen LogP contribution >= 0.6 is 11.3 Å². The van der Waals surface area contributed by atoms with Crippen LogP contribution in [0.25, 0.3) is 10.6 Å². The van der Waals surface area contributed by atoms with Gasteiger partial charge in [-0.25, -0.2) is 0 Å². The van der Waals surface area contributed by atoms with E-state index < -0.39 is 6.10 Å². The third-order valence-corrected chi connectivity index (χ3v) is 5.34. The summed E-state index contributed by atoms with van der Waals surface area (Å²) >= 11 is 1.31. The fraction of sp³-hybridized carbons (Fsp3) is 0.318. The Morgan fingerprint density at radius 2 is 1.79 bits per heavy atom. The number of rotatable bonds is 7. The number of carbonyl (C=O) groups is 1. The predicted molar refractivity (Wildman–Crippen MR) is 116 cm³/mol. The molecule has 0 saturated heterocycles. The maximum atomic E-state index is 12.6. The van der Waals surface area contributed by atoms with E-state index in [0.29, 0.717) is 11.0 Å². The SMILES string of the molecule is COc1ccc(-c2nnc(NC(=O)C(C)Oc3cc(C)ccc3C(C)C)s2)cc1. The minimum absolute atomic E-state index is 0.265. The van der Waals surface area contributed by atoms with Crippen molar-refractivity contribution >= 4 is 22.4 Å². The lowest BCUT2D eigenvalue weighted by Crippen LogP contribution is -2.30. The first-order valence-electron chi connectivity index (χ1n) is 9.43. The van der Waals surface area contributed by atoms with E-state index in [9.17, 15) is 4.79 Å². The van der Waals surface area contributed by atoms with Crippen LogP contribution in [0.1, 0.15) is 37.8 Å². The third-order valence-electron chi connectivity index (χ3n) is 4.46. The summed E-state index contributed by atoms with van der Waals surface area (Å²) in [6.07, 6.45) is -0.664. The molecule has 0 aliphatic heterocycles. The van der Waals surface area contributed by atoms with Crippen molar-refractivity contribution in [2.75, 3.05) is 12.4 Å². The van der Waals surface area contributed by atoms with Crippen LogP contribution in [-0.4, -0.2) is 29.3 Å². The summed E-state index contributed by atoms with van der Waals surface area (Å²) in [5.41, 5.74) is 3.08. The average Bonchev–Trinajstić information content (AvgIpc) is 3.16. The lowest BCUT2D eigenvalue weighted by atomic mass is 10.0. The smallest absolute Gasteiger partial charge is 0.266 e. The Kier molecular flexibility index (Phi) is 6.49. The molecule has 0 fully saturated rings. The van der Waals surface area contributed by atoms with Crippen molar-refractivity contribution in [2.24, 2.45) is 0 Å². The number of nitrogens with one attached hydrogen (secondary N) is 1. The molecule has 7 heteroatoms. The minimum atomic E-state index is -0.664. The molecule has 0 saturated carbocycles. The van der Waals surface area contributed by atoms with Crippen LogP contribution in [0.5, 0.6) is 11.5 Å². The number of aryl methyl sites for hydroxylation is 1. The molecule has 29 heavy (non-hydrogen) atoms. The van der Waals surface area contributed by atoms with Crippen LogP contribution in [0, 0.1) is 6.92 Å². The van der Waals surface area contributed by atoms with E-state index in [4.69, 9.17) is 9.47 Å². The summed E-state index contributed by atoms with van der Waals surface area (Å²) in [7, 11) is 1.62. The largest absolute Gasteiger partial charge is 0.497 e. The number of hydrogen-bond donors (Lipinski definition) is 1. The van der Waals surface area contributed by atoms with Gasteiger partial charge in [-0.15, -0.1) is 10.2 Å². The quantitative estimate of drug-likeness (QED) is 0.589. The first kappa shape index (κ1) is 20.8. The fourth-order valence-electron chi connectivity index (χ4n) is 2.80. The monoisotopic (exact) mass is 411 g/mol. The van der Waals surface area contributed by atoms with Crippen molar-refractivity contribution in [2.45, 2.75) is 39.7 Å². The van der Waals surface area contributed by atoms with Gasteiger partial charge in [-0.2, -0.15) is 0 Å². The number of methoxy groups -OCH3 is 1. The molecule has 1 amide bonds. The minimum Gasteiger partial charge on any atom is -0.497 e. The molecule has 1 heterocycles. The second kappa shape index (κ2) is 9.05. The molecule has 0 spiro atoms. The normalized spacial score (nSPS) is 11.9. The van der Waals surface area contributed by atoms with Gasteiger partial charge in [0.1, 0.15) is 16.5 Å². The second-order valence-electron chi connectivity index (χ2n) is 7.09. The molecule has 0 bridgehead atoms. The predicted octanol–water partition coefficient (Wildman–Crippen LogP) is 5.05. The molecule has 1 unspecified atom stereocenters. The van der Waals surface area contributed by atoms with E-state index in [1.54, 1.807) is 14.0 Å². The van der Waals surface area contributed by atoms with Crippen LogP contribution in [-0.2, 0) is 4.79 Å². The van der Waals surface area contributed by atoms with Gasteiger partial charge in [0.2, 0.25) is 5.13 Å². The zero-order valence-corrected chi connectivity index (χ0v) is 18.0. The molecule has 1 N–H and O–H groups in total. The first-order chi connectivity index (χ1) is 13.9. The highest BCUT2D eigenvalue weighted by molar-refractivity contribution is 7.18. The topological polar surface area (TPSA) is 73.3 Å². The first-order valence-corrected chi connectivity index (χ1v) is 10.2. The molecule has 3 aromatic rings. The number of anilines is 1. The van der Waals surface area contributed by atoms with Crippen LogP contribution < -0.4 is 14.8 Å². The Balaban J connectivity index is 1.67. The van der Waals surface area contributed by atoms with Crippen LogP contribution in [0.15, 0.2) is 42.5 Å². The summed E-state index contributed by atoms with van der Waals surface area (Å²) in [5.74, 6) is 1.54. The lowest BCUT2D eigenvalue weighted by molar-refractivity contribution is -0.122. The van der Waals surface area contributed by atoms with Gasteiger partial charge < -0.3 is 9.47 Å². The number of nitrogens with zero attached hydrogens (tertiary/aromatic N) is 2. The van der Waals surface area contributed by atoms with Crippen molar-refractivity contribution in [3.05, 3.63) is 53.6 Å². The number of aromatic nitrogens is 2. The van der Waals surface area contributed by atoms with E-state index in [1.807, 2.05) is 43.3 Å². The Labute approximate surface area is 174 Å². The molecule has 6 nitrogen and oxygen atoms in total. The Hall–Kier alpha value is -2.93. The zero-order valence-electron chi connectivity index (χ0n) is 17.2. The van der Waals surface area contributed by atoms with Gasteiger partial charge in [-0.3, -0.25) is 10.1 Å². The Morgan fingerprint density at radius 3 is 2.45 bits per heavy atom. The van der Waals surface area contributed by atoms with Crippen molar-refractivity contribution in [3.8, 4) is 22.1 Å². The van der Waals surface area contributed by atoms with Gasteiger partial charge in [-0.05, 0) is 61.2 Å². The highest BCUT2D eigenvalue weighted by atomic mass is 32.1. The van der Waals surface area contributed by atoms with Crippen molar-refractivity contribution in [1.29, 1.82) is 0 Å². The van der Waals surface area contributed by atoms with E-state index in [2.05, 4.69) is 35.4 Å². The van der Waals surface area contributed by atoms with Gasteiger partial charge in [0.05, 0.1) is 7.11 Å². The Morgan fingerprint density at radius 1 is 1.07 bits per heavy atom. The molecular formula is C22H25N3O3S. The van der Waals surface area contributed by atoms with Gasteiger partial charge >= 0.3 is 0 Å². The van der Waals surface area contributed by atoms with Crippen LogP contribution in [0.3, 0.4) is 0 Å². The maximum Gasteiger partial charge on any atom is 0.266 e. The molecule has 152 valence electrons. The zero-order chi connectivity index (χ0) is 21.0. The number of carbonyl (C=O) groups excluding carboxylic acids is 1. The third kappa shape index (κ3) is 5.12. The van der Waals surface area contributed by atoms with E-state index in [1.165, 1.54) is 11.3 Å². The van der Waals surface area contributed by atoms with Crippen molar-refractivity contribution in [1.82, 2.24) is 10.2 Å². The average molecular weight is 412 g/mol. The van der Waals surface area contributed by atoms with Gasteiger partial charge in [0.25, 0.3) is 5.91 Å².